The number of nitrogens with zero attached hydrogens (tertiary/aromatic N) is 3. The van der Waals surface area contributed by atoms with Crippen molar-refractivity contribution in [2.75, 3.05) is 26.2 Å². The highest BCUT2D eigenvalue weighted by Gasteiger charge is 2.51. The fourth-order valence-electron chi connectivity index (χ4n) is 6.47. The van der Waals surface area contributed by atoms with E-state index in [0.717, 1.165) is 70.0 Å². The minimum absolute atomic E-state index is 0.0235. The van der Waals surface area contributed by atoms with Crippen LogP contribution in [-0.4, -0.2) is 64.5 Å². The van der Waals surface area contributed by atoms with E-state index in [1.165, 1.54) is 12.4 Å². The molecule has 4 aliphatic rings. The first kappa shape index (κ1) is 24.6. The third kappa shape index (κ3) is 5.05. The molecule has 2 aromatic rings. The number of benzene rings is 1. The molecule has 1 atom stereocenters. The topological polar surface area (TPSA) is 98.2 Å². The minimum Gasteiger partial charge on any atom is -0.455 e. The Balaban J connectivity index is 1.27. The van der Waals surface area contributed by atoms with Gasteiger partial charge in [-0.25, -0.2) is 9.97 Å². The maximum Gasteiger partial charge on any atom is 0.317 e. The van der Waals surface area contributed by atoms with Gasteiger partial charge in [0.15, 0.2) is 12.6 Å². The van der Waals surface area contributed by atoms with E-state index in [1.54, 1.807) is 6.07 Å². The summed E-state index contributed by atoms with van der Waals surface area (Å²) in [6.07, 6.45) is 10.6. The van der Waals surface area contributed by atoms with Gasteiger partial charge in [0.2, 0.25) is 5.82 Å². The first-order chi connectivity index (χ1) is 17.5. The number of piperidine rings is 3. The smallest absolute Gasteiger partial charge is 0.317 e. The van der Waals surface area contributed by atoms with Crippen LogP contribution in [-0.2, 0) is 19.7 Å². The summed E-state index contributed by atoms with van der Waals surface area (Å²) in [7, 11) is 0. The van der Waals surface area contributed by atoms with Crippen LogP contribution in [0, 0.1) is 5.92 Å². The molecule has 190 valence electrons. The first-order valence-corrected chi connectivity index (χ1v) is 13.2. The van der Waals surface area contributed by atoms with Crippen molar-refractivity contribution in [2.24, 2.45) is 5.92 Å². The van der Waals surface area contributed by atoms with Gasteiger partial charge in [-0.05, 0) is 24.5 Å². The lowest BCUT2D eigenvalue weighted by Crippen LogP contribution is -2.67. The Bertz CT molecular complexity index is 1080. The van der Waals surface area contributed by atoms with E-state index in [-0.39, 0.29) is 30.3 Å². The van der Waals surface area contributed by atoms with Gasteiger partial charge in [0, 0.05) is 31.2 Å². The summed E-state index contributed by atoms with van der Waals surface area (Å²) in [6, 6.07) is 11.7. The van der Waals surface area contributed by atoms with E-state index in [9.17, 15) is 14.4 Å². The zero-order valence-electron chi connectivity index (χ0n) is 20.7. The van der Waals surface area contributed by atoms with Gasteiger partial charge in [0.1, 0.15) is 6.54 Å². The number of carbonyl (C=O) groups excluding carboxylic acids is 3. The van der Waals surface area contributed by atoms with Crippen LogP contribution in [0.25, 0.3) is 0 Å². The number of amides is 2. The monoisotopic (exact) mass is 491 g/mol. The van der Waals surface area contributed by atoms with Crippen molar-refractivity contribution in [2.45, 2.75) is 62.9 Å². The summed E-state index contributed by atoms with van der Waals surface area (Å²) < 4.78 is 6.91. The Hall–Kier alpha value is -3.13. The van der Waals surface area contributed by atoms with Crippen LogP contribution in [0.3, 0.4) is 0 Å². The normalized spacial score (nSPS) is 27.0. The summed E-state index contributed by atoms with van der Waals surface area (Å²) in [4.78, 5) is 46.9. The van der Waals surface area contributed by atoms with Gasteiger partial charge in [-0.2, -0.15) is 0 Å². The van der Waals surface area contributed by atoms with Gasteiger partial charge in [-0.15, -0.1) is 0 Å². The molecule has 0 unspecified atom stereocenters. The molecule has 1 N–H and O–H groups in total. The number of quaternary nitrogens is 1. The molecule has 36 heavy (non-hydrogen) atoms. The van der Waals surface area contributed by atoms with Gasteiger partial charge in [0.05, 0.1) is 18.5 Å². The Morgan fingerprint density at radius 3 is 2.28 bits per heavy atom. The second kappa shape index (κ2) is 10.5. The summed E-state index contributed by atoms with van der Waals surface area (Å²) in [6.45, 7) is 2.51. The fraction of sp³-hybridized carbons (Fsp3) is 0.536. The summed E-state index contributed by atoms with van der Waals surface area (Å²) >= 11 is 0. The maximum absolute atomic E-state index is 13.9. The van der Waals surface area contributed by atoms with Crippen molar-refractivity contribution in [1.29, 1.82) is 0 Å². The van der Waals surface area contributed by atoms with E-state index in [2.05, 4.69) is 27.4 Å². The third-order valence-corrected chi connectivity index (χ3v) is 8.47. The molecular weight excluding hydrogens is 456 g/mol. The number of nitrogens with one attached hydrogen (secondary N) is 1. The third-order valence-electron chi connectivity index (χ3n) is 8.47. The average Bonchev–Trinajstić information content (AvgIpc) is 3.17. The number of aromatic nitrogens is 2. The van der Waals surface area contributed by atoms with Crippen LogP contribution < -0.4 is 5.32 Å². The fourth-order valence-corrected chi connectivity index (χ4v) is 6.47. The second-order valence-corrected chi connectivity index (χ2v) is 10.7. The van der Waals surface area contributed by atoms with Crippen molar-refractivity contribution in [1.82, 2.24) is 15.3 Å². The Kier molecular flexibility index (Phi) is 7.14. The molecule has 4 fully saturated rings. The Morgan fingerprint density at radius 2 is 1.61 bits per heavy atom. The first-order valence-electron chi connectivity index (χ1n) is 13.2. The molecule has 8 heteroatoms. The Morgan fingerprint density at radius 1 is 0.944 bits per heavy atom. The highest BCUT2D eigenvalue weighted by atomic mass is 16.5. The number of ether oxygens (including phenoxy) is 1. The molecule has 1 aromatic carbocycles. The van der Waals surface area contributed by atoms with E-state index >= 15 is 0 Å². The molecule has 0 spiro atoms. The van der Waals surface area contributed by atoms with Crippen LogP contribution in [0.5, 0.6) is 0 Å². The largest absolute Gasteiger partial charge is 0.455 e. The predicted molar refractivity (Wildman–Crippen MR) is 133 cm³/mol. The van der Waals surface area contributed by atoms with Crippen LogP contribution in [0.1, 0.15) is 67.5 Å². The second-order valence-electron chi connectivity index (χ2n) is 10.7. The van der Waals surface area contributed by atoms with Crippen LogP contribution >= 0.6 is 0 Å². The summed E-state index contributed by atoms with van der Waals surface area (Å²) in [5.41, 5.74) is 0.469. The number of esters is 1. The molecule has 8 nitrogen and oxygen atoms in total. The number of fused-ring (bicyclic) bond motifs is 3. The molecule has 1 saturated carbocycles. The zero-order chi connectivity index (χ0) is 25.0. The SMILES string of the molecule is O=C(C[N+]12CCC(CC1)[C@@H](OC(=O)C1(c3ccccc3)CCCCCC1)C2)NC(=O)c1ncccn1. The average molecular weight is 492 g/mol. The van der Waals surface area contributed by atoms with Gasteiger partial charge in [0.25, 0.3) is 11.8 Å². The quantitative estimate of drug-likeness (QED) is 0.379. The molecule has 2 amide bonds. The van der Waals surface area contributed by atoms with Crippen LogP contribution in [0.4, 0.5) is 0 Å². The molecule has 1 aromatic heterocycles. The molecule has 3 saturated heterocycles. The van der Waals surface area contributed by atoms with Crippen LogP contribution in [0.2, 0.25) is 0 Å². The minimum atomic E-state index is -0.591. The highest BCUT2D eigenvalue weighted by Crippen LogP contribution is 2.42. The van der Waals surface area contributed by atoms with Crippen molar-refractivity contribution >= 4 is 17.8 Å². The number of carbonyl (C=O) groups is 3. The molecule has 4 heterocycles. The summed E-state index contributed by atoms with van der Waals surface area (Å²) in [5.74, 6) is -0.734. The summed E-state index contributed by atoms with van der Waals surface area (Å²) in [5, 5.41) is 2.44. The Labute approximate surface area is 212 Å². The molecule has 3 aliphatic heterocycles. The number of imide groups is 1. The van der Waals surface area contributed by atoms with E-state index in [1.807, 2.05) is 18.2 Å². The number of rotatable bonds is 6. The molecule has 0 radical (unpaired) electrons. The van der Waals surface area contributed by atoms with E-state index in [0.29, 0.717) is 16.9 Å². The number of hydrogen-bond donors (Lipinski definition) is 1. The maximum atomic E-state index is 13.9. The standard InChI is InChI=1S/C28H34N4O4/c33-24(31-26(34)25-29-15-8-16-30-25)20-32-17-11-21(12-18-32)23(19-32)36-27(35)28(13-6-1-2-7-14-28)22-9-4-3-5-10-22/h3-5,8-10,15-16,21,23H,1-2,6-7,11-14,17-20H2/p+1/t21?,23-,32?/m0/s1. The lowest BCUT2D eigenvalue weighted by atomic mass is 9.74. The molecule has 2 bridgehead atoms. The molecule has 1 aliphatic carbocycles. The zero-order valence-corrected chi connectivity index (χ0v) is 20.7. The molecular formula is C28H35N4O4+. The van der Waals surface area contributed by atoms with Crippen molar-refractivity contribution in [3.63, 3.8) is 0 Å². The lowest BCUT2D eigenvalue weighted by molar-refractivity contribution is -0.939. The van der Waals surface area contributed by atoms with Crippen LogP contribution in [0.15, 0.2) is 48.8 Å². The number of hydrogen-bond acceptors (Lipinski definition) is 6. The van der Waals surface area contributed by atoms with Crippen molar-refractivity contribution in [3.05, 3.63) is 60.2 Å². The lowest BCUT2D eigenvalue weighted by Gasteiger charge is -2.52. The van der Waals surface area contributed by atoms with Gasteiger partial charge in [-0.1, -0.05) is 56.0 Å². The van der Waals surface area contributed by atoms with Crippen molar-refractivity contribution in [3.8, 4) is 0 Å². The predicted octanol–water partition coefficient (Wildman–Crippen LogP) is 3.18. The van der Waals surface area contributed by atoms with E-state index < -0.39 is 11.3 Å². The highest BCUT2D eigenvalue weighted by molar-refractivity contribution is 6.02. The molecule has 6 rings (SSSR count). The van der Waals surface area contributed by atoms with Gasteiger partial charge >= 0.3 is 5.97 Å². The van der Waals surface area contributed by atoms with Gasteiger partial charge in [-0.3, -0.25) is 19.7 Å². The van der Waals surface area contributed by atoms with Gasteiger partial charge < -0.3 is 9.22 Å². The van der Waals surface area contributed by atoms with Crippen molar-refractivity contribution < 1.29 is 23.6 Å². The van der Waals surface area contributed by atoms with E-state index in [4.69, 9.17) is 4.74 Å².